The summed E-state index contributed by atoms with van der Waals surface area (Å²) >= 11 is 6.25. The number of carbonyl (C=O) groups is 2. The van der Waals surface area contributed by atoms with Crippen molar-refractivity contribution in [3.05, 3.63) is 59.1 Å². The first kappa shape index (κ1) is 20.0. The smallest absolute Gasteiger partial charge is 0.255 e. The number of amides is 2. The molecule has 0 atom stereocenters. The SMILES string of the molecule is CCOc1ccccc1C(=O)NCC(=O)N1CCN(c2ccccc2Cl)CC1. The molecule has 2 aromatic carbocycles. The quantitative estimate of drug-likeness (QED) is 0.808. The molecule has 0 radical (unpaired) electrons. The second-order valence-electron chi connectivity index (χ2n) is 6.43. The van der Waals surface area contributed by atoms with E-state index in [1.807, 2.05) is 37.3 Å². The van der Waals surface area contributed by atoms with Gasteiger partial charge in [0.2, 0.25) is 5.91 Å². The van der Waals surface area contributed by atoms with Crippen molar-refractivity contribution in [3.8, 4) is 5.75 Å². The number of halogens is 1. The second-order valence-corrected chi connectivity index (χ2v) is 6.84. The van der Waals surface area contributed by atoms with Crippen molar-refractivity contribution >= 4 is 29.1 Å². The topological polar surface area (TPSA) is 61.9 Å². The van der Waals surface area contributed by atoms with Crippen LogP contribution in [0.2, 0.25) is 5.02 Å². The van der Waals surface area contributed by atoms with Crippen molar-refractivity contribution in [2.45, 2.75) is 6.92 Å². The number of carbonyl (C=O) groups excluding carboxylic acids is 2. The highest BCUT2D eigenvalue weighted by molar-refractivity contribution is 6.33. The predicted molar refractivity (Wildman–Crippen MR) is 110 cm³/mol. The molecule has 28 heavy (non-hydrogen) atoms. The lowest BCUT2D eigenvalue weighted by Crippen LogP contribution is -2.51. The highest BCUT2D eigenvalue weighted by atomic mass is 35.5. The van der Waals surface area contributed by atoms with Crippen LogP contribution >= 0.6 is 11.6 Å². The predicted octanol–water partition coefficient (Wildman–Crippen LogP) is 2.82. The van der Waals surface area contributed by atoms with Gasteiger partial charge in [0, 0.05) is 26.2 Å². The summed E-state index contributed by atoms with van der Waals surface area (Å²) < 4.78 is 5.47. The van der Waals surface area contributed by atoms with Crippen molar-refractivity contribution in [2.75, 3.05) is 44.2 Å². The fourth-order valence-corrected chi connectivity index (χ4v) is 3.46. The summed E-state index contributed by atoms with van der Waals surface area (Å²) in [4.78, 5) is 28.8. The van der Waals surface area contributed by atoms with Crippen LogP contribution < -0.4 is 15.0 Å². The van der Waals surface area contributed by atoms with Gasteiger partial charge >= 0.3 is 0 Å². The van der Waals surface area contributed by atoms with E-state index in [4.69, 9.17) is 16.3 Å². The second kappa shape index (κ2) is 9.46. The highest BCUT2D eigenvalue weighted by Gasteiger charge is 2.23. The summed E-state index contributed by atoms with van der Waals surface area (Å²) in [5.74, 6) is 0.108. The van der Waals surface area contributed by atoms with Gasteiger partial charge in [-0.15, -0.1) is 0 Å². The molecule has 0 bridgehead atoms. The van der Waals surface area contributed by atoms with E-state index in [0.717, 1.165) is 5.69 Å². The number of anilines is 1. The number of hydrogen-bond acceptors (Lipinski definition) is 4. The number of para-hydroxylation sites is 2. The van der Waals surface area contributed by atoms with E-state index in [2.05, 4.69) is 10.2 Å². The first-order valence-corrected chi connectivity index (χ1v) is 9.75. The van der Waals surface area contributed by atoms with Gasteiger partial charge in [-0.25, -0.2) is 0 Å². The Morgan fingerprint density at radius 3 is 2.43 bits per heavy atom. The summed E-state index contributed by atoms with van der Waals surface area (Å²) in [5, 5.41) is 3.41. The Morgan fingerprint density at radius 1 is 1.04 bits per heavy atom. The zero-order valence-electron chi connectivity index (χ0n) is 15.9. The van der Waals surface area contributed by atoms with Crippen LogP contribution in [0.3, 0.4) is 0 Å². The standard InChI is InChI=1S/C21H24ClN3O3/c1-2-28-19-10-6-3-7-16(19)21(27)23-15-20(26)25-13-11-24(12-14-25)18-9-5-4-8-17(18)22/h3-10H,2,11-15H2,1H3,(H,23,27). The Labute approximate surface area is 170 Å². The fourth-order valence-electron chi connectivity index (χ4n) is 3.20. The van der Waals surface area contributed by atoms with E-state index in [1.165, 1.54) is 0 Å². The molecule has 0 spiro atoms. The number of ether oxygens (including phenoxy) is 1. The highest BCUT2D eigenvalue weighted by Crippen LogP contribution is 2.26. The first-order chi connectivity index (χ1) is 13.6. The Balaban J connectivity index is 1.51. The Kier molecular flexibility index (Phi) is 6.76. The minimum Gasteiger partial charge on any atom is -0.493 e. The molecule has 1 N–H and O–H groups in total. The van der Waals surface area contributed by atoms with Crippen LogP contribution in [0.5, 0.6) is 5.75 Å². The maximum Gasteiger partial charge on any atom is 0.255 e. The average molecular weight is 402 g/mol. The van der Waals surface area contributed by atoms with Crippen LogP contribution in [0.1, 0.15) is 17.3 Å². The van der Waals surface area contributed by atoms with Gasteiger partial charge in [0.05, 0.1) is 29.4 Å². The molecule has 1 aliphatic heterocycles. The van der Waals surface area contributed by atoms with Gasteiger partial charge in [0.1, 0.15) is 5.75 Å². The maximum absolute atomic E-state index is 12.5. The molecule has 148 valence electrons. The van der Waals surface area contributed by atoms with E-state index in [1.54, 1.807) is 23.1 Å². The van der Waals surface area contributed by atoms with Gasteiger partial charge in [0.25, 0.3) is 5.91 Å². The van der Waals surface area contributed by atoms with Crippen molar-refractivity contribution in [1.82, 2.24) is 10.2 Å². The molecule has 1 fully saturated rings. The van der Waals surface area contributed by atoms with Gasteiger partial charge < -0.3 is 19.9 Å². The number of benzene rings is 2. The van der Waals surface area contributed by atoms with Gasteiger partial charge in [-0.05, 0) is 31.2 Å². The molecule has 0 aliphatic carbocycles. The zero-order valence-corrected chi connectivity index (χ0v) is 16.6. The van der Waals surface area contributed by atoms with Crippen molar-refractivity contribution in [2.24, 2.45) is 0 Å². The molecular weight excluding hydrogens is 378 g/mol. The van der Waals surface area contributed by atoms with Gasteiger partial charge in [0.15, 0.2) is 0 Å². The molecule has 0 aromatic heterocycles. The number of piperazine rings is 1. The molecule has 1 heterocycles. The van der Waals surface area contributed by atoms with Crippen LogP contribution in [-0.4, -0.2) is 56.0 Å². The molecule has 7 heteroatoms. The Bertz CT molecular complexity index is 835. The first-order valence-electron chi connectivity index (χ1n) is 9.37. The largest absolute Gasteiger partial charge is 0.493 e. The summed E-state index contributed by atoms with van der Waals surface area (Å²) in [6.45, 7) is 4.89. The summed E-state index contributed by atoms with van der Waals surface area (Å²) in [6, 6.07) is 14.7. The van der Waals surface area contributed by atoms with Crippen LogP contribution in [-0.2, 0) is 4.79 Å². The van der Waals surface area contributed by atoms with E-state index >= 15 is 0 Å². The van der Waals surface area contributed by atoms with Crippen LogP contribution in [0.25, 0.3) is 0 Å². The monoisotopic (exact) mass is 401 g/mol. The van der Waals surface area contributed by atoms with E-state index in [-0.39, 0.29) is 18.4 Å². The number of nitrogens with zero attached hydrogens (tertiary/aromatic N) is 2. The Morgan fingerprint density at radius 2 is 1.71 bits per heavy atom. The number of hydrogen-bond donors (Lipinski definition) is 1. The van der Waals surface area contributed by atoms with Gasteiger partial charge in [-0.1, -0.05) is 35.9 Å². The lowest BCUT2D eigenvalue weighted by molar-refractivity contribution is -0.130. The normalized spacial score (nSPS) is 13.9. The molecular formula is C21H24ClN3O3. The van der Waals surface area contributed by atoms with E-state index < -0.39 is 0 Å². The zero-order chi connectivity index (χ0) is 19.9. The van der Waals surface area contributed by atoms with Crippen molar-refractivity contribution in [3.63, 3.8) is 0 Å². The summed E-state index contributed by atoms with van der Waals surface area (Å²) in [7, 11) is 0. The molecule has 1 aliphatic rings. The molecule has 2 aromatic rings. The van der Waals surface area contributed by atoms with Crippen LogP contribution in [0.15, 0.2) is 48.5 Å². The molecule has 0 saturated carbocycles. The third kappa shape index (κ3) is 4.75. The van der Waals surface area contributed by atoms with E-state index in [9.17, 15) is 9.59 Å². The molecule has 3 rings (SSSR count). The molecule has 2 amide bonds. The van der Waals surface area contributed by atoms with Gasteiger partial charge in [-0.3, -0.25) is 9.59 Å². The maximum atomic E-state index is 12.5. The number of rotatable bonds is 6. The summed E-state index contributed by atoms with van der Waals surface area (Å²) in [5.41, 5.74) is 1.41. The van der Waals surface area contributed by atoms with E-state index in [0.29, 0.717) is 49.1 Å². The molecule has 0 unspecified atom stereocenters. The summed E-state index contributed by atoms with van der Waals surface area (Å²) in [6.07, 6.45) is 0. The fraction of sp³-hybridized carbons (Fsp3) is 0.333. The number of nitrogens with one attached hydrogen (secondary N) is 1. The van der Waals surface area contributed by atoms with Crippen LogP contribution in [0.4, 0.5) is 5.69 Å². The van der Waals surface area contributed by atoms with Crippen molar-refractivity contribution < 1.29 is 14.3 Å². The molecule has 1 saturated heterocycles. The minimum absolute atomic E-state index is 0.0363. The Hall–Kier alpha value is -2.73. The van der Waals surface area contributed by atoms with Crippen molar-refractivity contribution in [1.29, 1.82) is 0 Å². The minimum atomic E-state index is -0.313. The van der Waals surface area contributed by atoms with Crippen LogP contribution in [0, 0.1) is 0 Å². The average Bonchev–Trinajstić information content (AvgIpc) is 2.73. The third-order valence-electron chi connectivity index (χ3n) is 4.66. The lowest BCUT2D eigenvalue weighted by atomic mass is 10.2. The third-order valence-corrected chi connectivity index (χ3v) is 4.98. The lowest BCUT2D eigenvalue weighted by Gasteiger charge is -2.36. The molecule has 6 nitrogen and oxygen atoms in total. The van der Waals surface area contributed by atoms with Gasteiger partial charge in [-0.2, -0.15) is 0 Å².